The molecule has 0 amide bonds. The van der Waals surface area contributed by atoms with Crippen LogP contribution in [-0.4, -0.2) is 27.4 Å². The van der Waals surface area contributed by atoms with Crippen molar-refractivity contribution in [3.8, 4) is 0 Å². The van der Waals surface area contributed by atoms with Crippen molar-refractivity contribution in [3.05, 3.63) is 65.7 Å². The van der Waals surface area contributed by atoms with Gasteiger partial charge in [0.1, 0.15) is 0 Å². The lowest BCUT2D eigenvalue weighted by Crippen LogP contribution is -2.37. The molecule has 2 rings (SSSR count). The summed E-state index contributed by atoms with van der Waals surface area (Å²) in [5.41, 5.74) is 2.69. The van der Waals surface area contributed by atoms with Gasteiger partial charge >= 0.3 is 0 Å². The minimum Gasteiger partial charge on any atom is -0.409 e. The normalized spacial score (nSPS) is 13.3. The molecule has 0 bridgehead atoms. The average molecular weight is 546 g/mol. The number of hydrogen-bond donors (Lipinski definition) is 0. The highest BCUT2D eigenvalue weighted by Gasteiger charge is 2.32. The third kappa shape index (κ3) is 6.54. The molecule has 0 unspecified atom stereocenters. The average Bonchev–Trinajstić information content (AvgIpc) is 2.73. The number of anilines is 1. The van der Waals surface area contributed by atoms with Gasteiger partial charge in [-0.1, -0.05) is 85.8 Å². The zero-order chi connectivity index (χ0) is 21.5. The number of hydrogen-bond acceptors (Lipinski definition) is 3. The van der Waals surface area contributed by atoms with Gasteiger partial charge in [-0.05, 0) is 41.4 Å². The van der Waals surface area contributed by atoms with E-state index in [4.69, 9.17) is 4.43 Å². The Morgan fingerprint density at radius 3 is 2.14 bits per heavy atom. The lowest BCUT2D eigenvalue weighted by Gasteiger charge is -2.33. The number of benzene rings is 2. The molecule has 0 saturated heterocycles. The van der Waals surface area contributed by atoms with E-state index >= 15 is 0 Å². The molecular formula is C22H32INO3SSi. The molecule has 0 aromatic heterocycles. The van der Waals surface area contributed by atoms with Crippen LogP contribution in [-0.2, 0) is 21.0 Å². The molecule has 4 nitrogen and oxygen atoms in total. The van der Waals surface area contributed by atoms with Crippen LogP contribution in [0.4, 0.5) is 5.69 Å². The Hall–Kier alpha value is -0.903. The first-order valence-corrected chi connectivity index (χ1v) is 16.0. The van der Waals surface area contributed by atoms with E-state index in [2.05, 4.69) is 49.4 Å². The fraction of sp³-hybridized carbons (Fsp3) is 0.455. The first kappa shape index (κ1) is 24.4. The molecule has 160 valence electrons. The van der Waals surface area contributed by atoms with Gasteiger partial charge in [0, 0.05) is 4.43 Å². The van der Waals surface area contributed by atoms with Gasteiger partial charge in [0.05, 0.1) is 24.6 Å². The Bertz CT molecular complexity index is 864. The monoisotopic (exact) mass is 545 g/mol. The van der Waals surface area contributed by atoms with Crippen molar-refractivity contribution in [3.63, 3.8) is 0 Å². The van der Waals surface area contributed by atoms with Crippen LogP contribution in [0, 0.1) is 0 Å². The number of halogens is 1. The largest absolute Gasteiger partial charge is 0.409 e. The molecule has 0 aliphatic heterocycles. The van der Waals surface area contributed by atoms with Gasteiger partial charge in [-0.2, -0.15) is 0 Å². The second-order valence-corrected chi connectivity index (χ2v) is 14.9. The van der Waals surface area contributed by atoms with E-state index < -0.39 is 18.3 Å². The van der Waals surface area contributed by atoms with E-state index in [-0.39, 0.29) is 6.10 Å². The molecule has 1 atom stereocenters. The summed E-state index contributed by atoms with van der Waals surface area (Å²) < 4.78 is 34.1. The lowest BCUT2D eigenvalue weighted by molar-refractivity contribution is 0.217. The van der Waals surface area contributed by atoms with Gasteiger partial charge in [0.25, 0.3) is 0 Å². The van der Waals surface area contributed by atoms with Crippen LogP contribution < -0.4 is 4.31 Å². The minimum absolute atomic E-state index is 0.0137. The molecule has 0 aliphatic rings. The summed E-state index contributed by atoms with van der Waals surface area (Å²) in [7, 11) is -5.18. The minimum atomic E-state index is -3.42. The molecule has 2 aromatic rings. The van der Waals surface area contributed by atoms with Crippen LogP contribution in [0.15, 0.2) is 54.6 Å². The van der Waals surface area contributed by atoms with Crippen LogP contribution in [0.25, 0.3) is 0 Å². The molecule has 29 heavy (non-hydrogen) atoms. The van der Waals surface area contributed by atoms with Crippen molar-refractivity contribution in [1.82, 2.24) is 0 Å². The number of sulfonamides is 1. The fourth-order valence-electron chi connectivity index (χ4n) is 3.52. The van der Waals surface area contributed by atoms with Crippen LogP contribution in [0.3, 0.4) is 0 Å². The summed E-state index contributed by atoms with van der Waals surface area (Å²) in [4.78, 5) is 0. The van der Waals surface area contributed by atoms with Crippen LogP contribution in [0.1, 0.15) is 38.0 Å². The van der Waals surface area contributed by atoms with Gasteiger partial charge in [0.2, 0.25) is 10.0 Å². The van der Waals surface area contributed by atoms with Crippen LogP contribution in [0.2, 0.25) is 18.1 Å². The molecule has 0 fully saturated rings. The molecule has 0 heterocycles. The highest BCUT2D eigenvalue weighted by atomic mass is 127. The van der Waals surface area contributed by atoms with Gasteiger partial charge in [-0.3, -0.25) is 4.31 Å². The summed E-state index contributed by atoms with van der Waals surface area (Å²) in [6.07, 6.45) is 1.25. The first-order chi connectivity index (χ1) is 13.8. The predicted molar refractivity (Wildman–Crippen MR) is 134 cm³/mol. The van der Waals surface area contributed by atoms with Crippen LogP contribution in [0.5, 0.6) is 0 Å². The maximum Gasteiger partial charge on any atom is 0.232 e. The third-order valence-corrected chi connectivity index (χ3v) is 12.2. The molecule has 2 aromatic carbocycles. The van der Waals surface area contributed by atoms with E-state index in [0.717, 1.165) is 33.7 Å². The highest BCUT2D eigenvalue weighted by Crippen LogP contribution is 2.33. The molecule has 0 saturated carbocycles. The Morgan fingerprint density at radius 2 is 1.62 bits per heavy atom. The molecule has 7 heteroatoms. The Balaban J connectivity index is 2.38. The first-order valence-electron chi connectivity index (χ1n) is 10.1. The highest BCUT2D eigenvalue weighted by molar-refractivity contribution is 14.1. The van der Waals surface area contributed by atoms with Gasteiger partial charge in [0.15, 0.2) is 8.32 Å². The summed E-state index contributed by atoms with van der Waals surface area (Å²) >= 11 is 2.37. The van der Waals surface area contributed by atoms with Gasteiger partial charge in [-0.25, -0.2) is 8.42 Å². The van der Waals surface area contributed by atoms with Gasteiger partial charge < -0.3 is 4.43 Å². The van der Waals surface area contributed by atoms with Gasteiger partial charge in [-0.15, -0.1) is 0 Å². The quantitative estimate of drug-likeness (QED) is 0.193. The van der Waals surface area contributed by atoms with Crippen molar-refractivity contribution in [2.45, 2.75) is 51.6 Å². The number of nitrogens with zero attached hydrogens (tertiary/aromatic N) is 1. The topological polar surface area (TPSA) is 46.6 Å². The Kier molecular flexibility index (Phi) is 9.18. The SMILES string of the molecule is CC[Si](CC)(CC)O[C@@H](CI)c1cccc(N(Cc2ccccc2)S(C)(=O)=O)c1. The number of rotatable bonds is 11. The van der Waals surface area contributed by atoms with E-state index in [1.54, 1.807) is 0 Å². The second kappa shape index (κ2) is 10.9. The Morgan fingerprint density at radius 1 is 1.00 bits per heavy atom. The van der Waals surface area contributed by atoms with Crippen molar-refractivity contribution < 1.29 is 12.8 Å². The summed E-state index contributed by atoms with van der Waals surface area (Å²) in [5, 5.41) is 0. The van der Waals surface area contributed by atoms with E-state index in [1.807, 2.05) is 48.5 Å². The van der Waals surface area contributed by atoms with Crippen molar-refractivity contribution in [2.24, 2.45) is 0 Å². The molecule has 0 aliphatic carbocycles. The second-order valence-electron chi connectivity index (χ2n) is 7.35. The predicted octanol–water partition coefficient (Wildman–Crippen LogP) is 6.15. The maximum atomic E-state index is 12.6. The van der Waals surface area contributed by atoms with Crippen molar-refractivity contribution >= 4 is 46.6 Å². The Labute approximate surface area is 191 Å². The van der Waals surface area contributed by atoms with E-state index in [0.29, 0.717) is 12.2 Å². The zero-order valence-corrected chi connectivity index (χ0v) is 21.7. The third-order valence-electron chi connectivity index (χ3n) is 5.56. The van der Waals surface area contributed by atoms with Crippen LogP contribution >= 0.6 is 22.6 Å². The smallest absolute Gasteiger partial charge is 0.232 e. The lowest BCUT2D eigenvalue weighted by atomic mass is 10.1. The summed E-state index contributed by atoms with van der Waals surface area (Å²) in [6.45, 7) is 7.00. The van der Waals surface area contributed by atoms with Crippen molar-refractivity contribution in [2.75, 3.05) is 15.0 Å². The fourth-order valence-corrected chi connectivity index (χ4v) is 8.25. The summed E-state index contributed by atoms with van der Waals surface area (Å²) in [6, 6.07) is 20.8. The zero-order valence-electron chi connectivity index (χ0n) is 17.8. The standard InChI is InChI=1S/C22H32INO3SSi/c1-5-29(6-2,7-3)27-22(17-23)20-14-11-15-21(16-20)24(28(4,25)26)18-19-12-9-8-10-13-19/h8-16,22H,5-7,17-18H2,1-4H3/t22-/m0/s1. The summed E-state index contributed by atoms with van der Waals surface area (Å²) in [5.74, 6) is 0. The van der Waals surface area contributed by atoms with E-state index in [9.17, 15) is 8.42 Å². The maximum absolute atomic E-state index is 12.6. The number of alkyl halides is 1. The van der Waals surface area contributed by atoms with E-state index in [1.165, 1.54) is 10.6 Å². The molecule has 0 N–H and O–H groups in total. The molecular weight excluding hydrogens is 513 g/mol. The van der Waals surface area contributed by atoms with Crippen molar-refractivity contribution in [1.29, 1.82) is 0 Å². The molecule has 0 spiro atoms. The molecule has 0 radical (unpaired) electrons.